The second kappa shape index (κ2) is 5.75. The van der Waals surface area contributed by atoms with Crippen LogP contribution < -0.4 is 10.6 Å². The molecule has 2 N–H and O–H groups in total. The number of hydrogen-bond acceptors (Lipinski definition) is 5. The molecule has 0 bridgehead atoms. The summed E-state index contributed by atoms with van der Waals surface area (Å²) < 4.78 is 0. The molecule has 2 unspecified atom stereocenters. The standard InChI is InChI=1S/C14H22N2OS2/c1-8-5-9(2)7-16(6-8)14-13(18-4)11(15)12(19-14)10(3)17/h8-9H,5-7,15H2,1-4H3. The van der Waals surface area contributed by atoms with Crippen LogP contribution >= 0.6 is 23.1 Å². The van der Waals surface area contributed by atoms with Crippen LogP contribution in [0.15, 0.2) is 4.90 Å². The first kappa shape index (κ1) is 14.7. The van der Waals surface area contributed by atoms with Crippen molar-refractivity contribution in [2.45, 2.75) is 32.1 Å². The second-order valence-electron chi connectivity index (χ2n) is 5.59. The van der Waals surface area contributed by atoms with Crippen LogP contribution in [0.1, 0.15) is 36.9 Å². The lowest BCUT2D eigenvalue weighted by atomic mass is 9.92. The normalized spacial score (nSPS) is 23.7. The smallest absolute Gasteiger partial charge is 0.171 e. The number of thioether (sulfide) groups is 1. The first-order valence-corrected chi connectivity index (χ1v) is 8.70. The van der Waals surface area contributed by atoms with E-state index >= 15 is 0 Å². The highest BCUT2D eigenvalue weighted by Gasteiger charge is 2.27. The zero-order valence-electron chi connectivity index (χ0n) is 12.0. The van der Waals surface area contributed by atoms with Crippen LogP contribution in [-0.4, -0.2) is 25.1 Å². The van der Waals surface area contributed by atoms with Crippen LogP contribution in [0.4, 0.5) is 10.7 Å². The lowest BCUT2D eigenvalue weighted by Gasteiger charge is -2.36. The van der Waals surface area contributed by atoms with Crippen molar-refractivity contribution < 1.29 is 4.79 Å². The molecule has 1 fully saturated rings. The minimum absolute atomic E-state index is 0.0714. The van der Waals surface area contributed by atoms with Gasteiger partial charge in [0.2, 0.25) is 0 Å². The predicted octanol–water partition coefficient (Wildman–Crippen LogP) is 3.74. The van der Waals surface area contributed by atoms with Crippen molar-refractivity contribution in [3.63, 3.8) is 0 Å². The summed E-state index contributed by atoms with van der Waals surface area (Å²) in [6.07, 6.45) is 3.31. The summed E-state index contributed by atoms with van der Waals surface area (Å²) in [4.78, 5) is 15.9. The number of anilines is 2. The fraction of sp³-hybridized carbons (Fsp3) is 0.643. The van der Waals surface area contributed by atoms with Crippen LogP contribution in [0.2, 0.25) is 0 Å². The molecule has 0 aromatic carbocycles. The number of Topliss-reactive ketones (excluding diaryl/α,β-unsaturated/α-hetero) is 1. The SMILES string of the molecule is CSc1c(N2CC(C)CC(C)C2)sc(C(C)=O)c1N. The molecular formula is C14H22N2OS2. The maximum absolute atomic E-state index is 11.7. The van der Waals surface area contributed by atoms with E-state index in [9.17, 15) is 4.79 Å². The van der Waals surface area contributed by atoms with Gasteiger partial charge in [-0.1, -0.05) is 13.8 Å². The number of thiophene rings is 1. The van der Waals surface area contributed by atoms with Crippen molar-refractivity contribution in [1.82, 2.24) is 0 Å². The van der Waals surface area contributed by atoms with E-state index in [1.165, 1.54) is 11.4 Å². The van der Waals surface area contributed by atoms with Crippen molar-refractivity contribution >= 4 is 39.6 Å². The van der Waals surface area contributed by atoms with Gasteiger partial charge in [0.25, 0.3) is 0 Å². The Hall–Kier alpha value is -0.680. The molecule has 5 heteroatoms. The number of hydrogen-bond donors (Lipinski definition) is 1. The average Bonchev–Trinajstić information content (AvgIpc) is 2.65. The van der Waals surface area contributed by atoms with Gasteiger partial charge < -0.3 is 10.6 Å². The van der Waals surface area contributed by atoms with E-state index < -0.39 is 0 Å². The van der Waals surface area contributed by atoms with E-state index in [0.29, 0.717) is 22.4 Å². The van der Waals surface area contributed by atoms with Gasteiger partial charge in [-0.3, -0.25) is 4.79 Å². The number of nitrogen functional groups attached to an aromatic ring is 1. The van der Waals surface area contributed by atoms with Crippen LogP contribution in [0.5, 0.6) is 0 Å². The molecule has 1 aliphatic rings. The van der Waals surface area contributed by atoms with Crippen molar-refractivity contribution in [2.24, 2.45) is 11.8 Å². The Balaban J connectivity index is 2.38. The summed E-state index contributed by atoms with van der Waals surface area (Å²) in [7, 11) is 0. The highest BCUT2D eigenvalue weighted by Crippen LogP contribution is 2.45. The van der Waals surface area contributed by atoms with Gasteiger partial charge in [0.05, 0.1) is 15.5 Å². The fourth-order valence-corrected chi connectivity index (χ4v) is 5.01. The van der Waals surface area contributed by atoms with Crippen LogP contribution in [-0.2, 0) is 0 Å². The van der Waals surface area contributed by atoms with Gasteiger partial charge in [0.15, 0.2) is 5.78 Å². The third-order valence-electron chi connectivity index (χ3n) is 3.56. The fourth-order valence-electron chi connectivity index (χ4n) is 2.91. The summed E-state index contributed by atoms with van der Waals surface area (Å²) in [6, 6.07) is 0. The molecule has 0 amide bonds. The first-order chi connectivity index (χ1) is 8.93. The largest absolute Gasteiger partial charge is 0.396 e. The molecule has 19 heavy (non-hydrogen) atoms. The summed E-state index contributed by atoms with van der Waals surface area (Å²) in [5.74, 6) is 1.47. The van der Waals surface area contributed by atoms with Gasteiger partial charge in [-0.15, -0.1) is 23.1 Å². The zero-order chi connectivity index (χ0) is 14.2. The predicted molar refractivity (Wildman–Crippen MR) is 85.7 cm³/mol. The monoisotopic (exact) mass is 298 g/mol. The number of carbonyl (C=O) groups is 1. The molecule has 106 valence electrons. The summed E-state index contributed by atoms with van der Waals surface area (Å²) >= 11 is 3.21. The number of nitrogens with two attached hydrogens (primary N) is 1. The molecule has 1 aromatic rings. The molecule has 0 aliphatic carbocycles. The Morgan fingerprint density at radius 2 is 1.95 bits per heavy atom. The highest BCUT2D eigenvalue weighted by atomic mass is 32.2. The average molecular weight is 298 g/mol. The molecule has 2 rings (SSSR count). The molecule has 2 heterocycles. The number of ketones is 1. The number of nitrogens with zero attached hydrogens (tertiary/aromatic N) is 1. The molecule has 0 saturated carbocycles. The van der Waals surface area contributed by atoms with Crippen molar-refractivity contribution in [3.05, 3.63) is 4.88 Å². The van der Waals surface area contributed by atoms with E-state index in [-0.39, 0.29) is 5.78 Å². The van der Waals surface area contributed by atoms with Gasteiger partial charge in [0, 0.05) is 20.0 Å². The topological polar surface area (TPSA) is 46.3 Å². The molecule has 3 nitrogen and oxygen atoms in total. The van der Waals surface area contributed by atoms with Gasteiger partial charge in [-0.25, -0.2) is 0 Å². The van der Waals surface area contributed by atoms with E-state index in [4.69, 9.17) is 5.73 Å². The Labute approximate surface area is 123 Å². The van der Waals surface area contributed by atoms with E-state index in [1.807, 2.05) is 6.26 Å². The summed E-state index contributed by atoms with van der Waals surface area (Å²) in [6.45, 7) is 8.32. The van der Waals surface area contributed by atoms with Gasteiger partial charge in [-0.05, 0) is 24.5 Å². The molecule has 1 aromatic heterocycles. The third kappa shape index (κ3) is 2.92. The Kier molecular flexibility index (Phi) is 4.46. The lowest BCUT2D eigenvalue weighted by Crippen LogP contribution is -2.38. The number of piperidine rings is 1. The summed E-state index contributed by atoms with van der Waals surface area (Å²) in [5.41, 5.74) is 6.81. The minimum Gasteiger partial charge on any atom is -0.396 e. The van der Waals surface area contributed by atoms with Crippen LogP contribution in [0.3, 0.4) is 0 Å². The van der Waals surface area contributed by atoms with E-state index in [1.54, 1.807) is 30.0 Å². The van der Waals surface area contributed by atoms with Crippen LogP contribution in [0, 0.1) is 11.8 Å². The minimum atomic E-state index is 0.0714. The maximum atomic E-state index is 11.7. The van der Waals surface area contributed by atoms with E-state index in [0.717, 1.165) is 18.0 Å². The lowest BCUT2D eigenvalue weighted by molar-refractivity contribution is 0.102. The molecular weight excluding hydrogens is 276 g/mol. The Bertz CT molecular complexity index is 474. The maximum Gasteiger partial charge on any atom is 0.171 e. The van der Waals surface area contributed by atoms with Crippen molar-refractivity contribution in [3.8, 4) is 0 Å². The molecule has 0 radical (unpaired) electrons. The number of rotatable bonds is 3. The van der Waals surface area contributed by atoms with Gasteiger partial charge in [-0.2, -0.15) is 0 Å². The third-order valence-corrected chi connectivity index (χ3v) is 5.88. The zero-order valence-corrected chi connectivity index (χ0v) is 13.7. The Morgan fingerprint density at radius 1 is 1.37 bits per heavy atom. The second-order valence-corrected chi connectivity index (χ2v) is 7.41. The highest BCUT2D eigenvalue weighted by molar-refractivity contribution is 7.99. The first-order valence-electron chi connectivity index (χ1n) is 6.66. The quantitative estimate of drug-likeness (QED) is 0.682. The van der Waals surface area contributed by atoms with E-state index in [2.05, 4.69) is 18.7 Å². The van der Waals surface area contributed by atoms with Gasteiger partial charge >= 0.3 is 0 Å². The number of carbonyl (C=O) groups excluding carboxylic acids is 1. The van der Waals surface area contributed by atoms with Crippen LogP contribution in [0.25, 0.3) is 0 Å². The molecule has 1 saturated heterocycles. The van der Waals surface area contributed by atoms with Gasteiger partial charge in [0.1, 0.15) is 5.00 Å². The Morgan fingerprint density at radius 3 is 2.42 bits per heavy atom. The van der Waals surface area contributed by atoms with Crippen molar-refractivity contribution in [1.29, 1.82) is 0 Å². The summed E-state index contributed by atoms with van der Waals surface area (Å²) in [5, 5.41) is 1.19. The van der Waals surface area contributed by atoms with Crippen molar-refractivity contribution in [2.75, 3.05) is 30.0 Å². The molecule has 0 spiro atoms. The molecule has 1 aliphatic heterocycles. The molecule has 2 atom stereocenters.